The monoisotopic (exact) mass is 283 g/mol. The van der Waals surface area contributed by atoms with Gasteiger partial charge >= 0.3 is 0 Å². The molecule has 1 aromatic heterocycles. The van der Waals surface area contributed by atoms with Crippen molar-refractivity contribution in [2.75, 3.05) is 11.8 Å². The first-order valence-corrected chi connectivity index (χ1v) is 6.43. The summed E-state index contributed by atoms with van der Waals surface area (Å²) in [5.74, 6) is 0.899. The van der Waals surface area contributed by atoms with E-state index >= 15 is 0 Å². The van der Waals surface area contributed by atoms with Crippen molar-refractivity contribution >= 4 is 34.8 Å². The molecule has 0 radical (unpaired) electrons. The summed E-state index contributed by atoms with van der Waals surface area (Å²) in [6.45, 7) is 4.46. The molecule has 1 aromatic rings. The fourth-order valence-electron chi connectivity index (χ4n) is 1.30. The summed E-state index contributed by atoms with van der Waals surface area (Å²) >= 11 is 17.9. The van der Waals surface area contributed by atoms with Gasteiger partial charge in [-0.05, 0) is 13.8 Å². The molecule has 0 aliphatic heterocycles. The lowest BCUT2D eigenvalue weighted by Crippen LogP contribution is -2.45. The van der Waals surface area contributed by atoms with Crippen LogP contribution in [0, 0.1) is 6.92 Å². The molecule has 0 aromatic carbocycles. The fourth-order valence-corrected chi connectivity index (χ4v) is 2.00. The van der Waals surface area contributed by atoms with Gasteiger partial charge in [-0.25, -0.2) is 0 Å². The number of hydrogen-bond acceptors (Lipinski definition) is 2. The number of aromatic nitrogens is 2. The van der Waals surface area contributed by atoms with Crippen molar-refractivity contribution in [3.05, 3.63) is 16.4 Å². The zero-order valence-electron chi connectivity index (χ0n) is 9.65. The third kappa shape index (κ3) is 3.04. The van der Waals surface area contributed by atoms with E-state index in [1.54, 1.807) is 4.68 Å². The molecule has 6 heteroatoms. The van der Waals surface area contributed by atoms with Crippen LogP contribution in [0.4, 0.5) is 0 Å². The van der Waals surface area contributed by atoms with E-state index in [1.807, 2.05) is 20.9 Å². The second-order valence-electron chi connectivity index (χ2n) is 4.15. The van der Waals surface area contributed by atoms with E-state index in [1.165, 1.54) is 0 Å². The van der Waals surface area contributed by atoms with Crippen LogP contribution < -0.4 is 5.32 Å². The molecule has 1 heterocycles. The van der Waals surface area contributed by atoms with Gasteiger partial charge in [0.25, 0.3) is 0 Å². The van der Waals surface area contributed by atoms with Gasteiger partial charge in [-0.3, -0.25) is 4.68 Å². The maximum absolute atomic E-state index is 6.14. The van der Waals surface area contributed by atoms with Gasteiger partial charge in [0.05, 0.1) is 16.4 Å². The molecule has 0 amide bonds. The highest BCUT2D eigenvalue weighted by Gasteiger charge is 2.22. The molecule has 0 aliphatic carbocycles. The molecular weight excluding hydrogens is 268 g/mol. The van der Waals surface area contributed by atoms with Crippen molar-refractivity contribution in [3.8, 4) is 0 Å². The molecule has 92 valence electrons. The first-order chi connectivity index (χ1) is 7.43. The quantitative estimate of drug-likeness (QED) is 0.843. The van der Waals surface area contributed by atoms with E-state index in [9.17, 15) is 0 Å². The number of alkyl halides is 2. The Labute approximate surface area is 111 Å². The Kier molecular flexibility index (Phi) is 4.92. The fraction of sp³-hybridized carbons (Fsp3) is 0.700. The Balaban J connectivity index is 2.74. The van der Waals surface area contributed by atoms with Crippen LogP contribution >= 0.6 is 34.8 Å². The number of hydrogen-bond donors (Lipinski definition) is 1. The van der Waals surface area contributed by atoms with E-state index in [0.29, 0.717) is 23.3 Å². The van der Waals surface area contributed by atoms with E-state index < -0.39 is 0 Å². The number of nitrogens with zero attached hydrogens (tertiary/aromatic N) is 2. The summed E-state index contributed by atoms with van der Waals surface area (Å²) in [6.07, 6.45) is 0. The maximum atomic E-state index is 6.14. The van der Waals surface area contributed by atoms with Crippen LogP contribution in [0.2, 0.25) is 5.02 Å². The topological polar surface area (TPSA) is 29.9 Å². The minimum atomic E-state index is -0.287. The Morgan fingerprint density at radius 3 is 2.31 bits per heavy atom. The van der Waals surface area contributed by atoms with Crippen LogP contribution in [0.15, 0.2) is 0 Å². The molecule has 0 aliphatic rings. The second-order valence-corrected chi connectivity index (χ2v) is 5.06. The number of rotatable bonds is 5. The minimum Gasteiger partial charge on any atom is -0.304 e. The maximum Gasteiger partial charge on any atom is 0.0860 e. The average Bonchev–Trinajstić information content (AvgIpc) is 2.51. The molecule has 3 nitrogen and oxygen atoms in total. The molecule has 0 saturated carbocycles. The Morgan fingerprint density at radius 1 is 1.38 bits per heavy atom. The van der Waals surface area contributed by atoms with Gasteiger partial charge in [0.15, 0.2) is 0 Å². The van der Waals surface area contributed by atoms with Gasteiger partial charge in [-0.15, -0.1) is 23.2 Å². The van der Waals surface area contributed by atoms with Crippen LogP contribution in [0.1, 0.15) is 18.3 Å². The van der Waals surface area contributed by atoms with Crippen LogP contribution in [-0.2, 0) is 13.6 Å². The highest BCUT2D eigenvalue weighted by Crippen LogP contribution is 2.20. The van der Waals surface area contributed by atoms with E-state index in [-0.39, 0.29) is 5.54 Å². The van der Waals surface area contributed by atoms with E-state index in [2.05, 4.69) is 10.4 Å². The van der Waals surface area contributed by atoms with Crippen molar-refractivity contribution in [2.45, 2.75) is 25.9 Å². The van der Waals surface area contributed by atoms with E-state index in [0.717, 1.165) is 11.4 Å². The lowest BCUT2D eigenvalue weighted by molar-refractivity contribution is 0.426. The molecule has 1 N–H and O–H groups in total. The Morgan fingerprint density at radius 2 is 1.94 bits per heavy atom. The summed E-state index contributed by atoms with van der Waals surface area (Å²) in [7, 11) is 1.87. The van der Waals surface area contributed by atoms with Gasteiger partial charge in [0.2, 0.25) is 0 Å². The summed E-state index contributed by atoms with van der Waals surface area (Å²) in [5, 5.41) is 8.24. The summed E-state index contributed by atoms with van der Waals surface area (Å²) in [6, 6.07) is 0. The van der Waals surface area contributed by atoms with Crippen molar-refractivity contribution in [1.82, 2.24) is 15.1 Å². The molecule has 1 rings (SSSR count). The van der Waals surface area contributed by atoms with Crippen LogP contribution in [0.5, 0.6) is 0 Å². The minimum absolute atomic E-state index is 0.287. The normalized spacial score (nSPS) is 12.1. The molecule has 0 bridgehead atoms. The van der Waals surface area contributed by atoms with Crippen LogP contribution in [-0.4, -0.2) is 27.1 Å². The zero-order valence-corrected chi connectivity index (χ0v) is 11.9. The van der Waals surface area contributed by atoms with Crippen molar-refractivity contribution in [2.24, 2.45) is 7.05 Å². The third-order valence-corrected chi connectivity index (χ3v) is 4.21. The molecule has 16 heavy (non-hydrogen) atoms. The molecule has 0 saturated heterocycles. The van der Waals surface area contributed by atoms with E-state index in [4.69, 9.17) is 34.8 Å². The number of nitrogens with one attached hydrogen (secondary N) is 1. The molecule has 0 unspecified atom stereocenters. The first kappa shape index (κ1) is 14.1. The number of halogens is 3. The van der Waals surface area contributed by atoms with Crippen molar-refractivity contribution < 1.29 is 0 Å². The Hall–Kier alpha value is 0.0400. The SMILES string of the molecule is Cc1nn(C)c(CNC(C)(CCl)CCl)c1Cl. The number of aryl methyl sites for hydroxylation is 2. The van der Waals surface area contributed by atoms with Gasteiger partial charge in [0.1, 0.15) is 0 Å². The third-order valence-electron chi connectivity index (χ3n) is 2.53. The van der Waals surface area contributed by atoms with Gasteiger partial charge < -0.3 is 5.32 Å². The highest BCUT2D eigenvalue weighted by molar-refractivity contribution is 6.31. The summed E-state index contributed by atoms with van der Waals surface area (Å²) in [5.41, 5.74) is 1.49. The van der Waals surface area contributed by atoms with Crippen molar-refractivity contribution in [1.29, 1.82) is 0 Å². The largest absolute Gasteiger partial charge is 0.304 e. The van der Waals surface area contributed by atoms with Crippen molar-refractivity contribution in [3.63, 3.8) is 0 Å². The predicted octanol–water partition coefficient (Wildman–Crippen LogP) is 2.71. The lowest BCUT2D eigenvalue weighted by atomic mass is 10.1. The van der Waals surface area contributed by atoms with Crippen LogP contribution in [0.25, 0.3) is 0 Å². The van der Waals surface area contributed by atoms with Gasteiger partial charge in [-0.2, -0.15) is 5.10 Å². The first-order valence-electron chi connectivity index (χ1n) is 4.98. The second kappa shape index (κ2) is 5.58. The smallest absolute Gasteiger partial charge is 0.0860 e. The molecule has 0 atom stereocenters. The predicted molar refractivity (Wildman–Crippen MR) is 69.6 cm³/mol. The Bertz CT molecular complexity index is 358. The molecule has 0 spiro atoms. The zero-order chi connectivity index (χ0) is 12.3. The summed E-state index contributed by atoms with van der Waals surface area (Å²) in [4.78, 5) is 0. The highest BCUT2D eigenvalue weighted by atomic mass is 35.5. The standard InChI is InChI=1S/C10H16Cl3N3/c1-7-9(13)8(16(3)15-7)4-14-10(2,5-11)6-12/h14H,4-6H2,1-3H3. The lowest BCUT2D eigenvalue weighted by Gasteiger charge is -2.26. The van der Waals surface area contributed by atoms with Gasteiger partial charge in [-0.1, -0.05) is 11.6 Å². The molecular formula is C10H16Cl3N3. The molecule has 0 fully saturated rings. The van der Waals surface area contributed by atoms with Gasteiger partial charge in [0, 0.05) is 30.9 Å². The average molecular weight is 285 g/mol. The summed E-state index contributed by atoms with van der Waals surface area (Å²) < 4.78 is 1.77. The van der Waals surface area contributed by atoms with Crippen LogP contribution in [0.3, 0.4) is 0 Å².